The van der Waals surface area contributed by atoms with Crippen molar-refractivity contribution in [3.05, 3.63) is 0 Å². The first kappa shape index (κ1) is 19.7. The lowest BCUT2D eigenvalue weighted by atomic mass is 9.44. The van der Waals surface area contributed by atoms with Crippen molar-refractivity contribution in [3.63, 3.8) is 0 Å². The minimum Gasteiger partial charge on any atom is -0.393 e. The molecule has 0 aromatic heterocycles. The Hall–Kier alpha value is -0.570. The summed E-state index contributed by atoms with van der Waals surface area (Å²) in [6.45, 7) is 7.53. The van der Waals surface area contributed by atoms with E-state index in [4.69, 9.17) is 5.73 Å². The summed E-state index contributed by atoms with van der Waals surface area (Å²) in [4.78, 5) is 11.3. The molecule has 0 aromatic rings. The molecule has 0 bridgehead atoms. The largest absolute Gasteiger partial charge is 0.393 e. The van der Waals surface area contributed by atoms with Crippen LogP contribution in [0.5, 0.6) is 0 Å². The molecule has 4 saturated carbocycles. The van der Waals surface area contributed by atoms with Gasteiger partial charge in [-0.05, 0) is 111 Å². The molecule has 0 aromatic carbocycles. The van der Waals surface area contributed by atoms with Crippen molar-refractivity contribution in [1.82, 2.24) is 0 Å². The van der Waals surface area contributed by atoms with Gasteiger partial charge in [0.15, 0.2) is 0 Å². The molecule has 0 heterocycles. The molecule has 0 saturated heterocycles. The van der Waals surface area contributed by atoms with E-state index in [-0.39, 0.29) is 12.0 Å². The zero-order valence-corrected chi connectivity index (χ0v) is 17.8. The average molecular weight is 376 g/mol. The van der Waals surface area contributed by atoms with E-state index in [0.29, 0.717) is 23.2 Å². The summed E-state index contributed by atoms with van der Waals surface area (Å²) in [7, 11) is 0. The number of carbonyl (C=O) groups is 1. The van der Waals surface area contributed by atoms with Crippen LogP contribution in [-0.4, -0.2) is 17.1 Å². The molecule has 3 nitrogen and oxygen atoms in total. The third kappa shape index (κ3) is 3.16. The first-order valence-corrected chi connectivity index (χ1v) is 11.7. The van der Waals surface area contributed by atoms with Crippen LogP contribution in [0.3, 0.4) is 0 Å². The Kier molecular flexibility index (Phi) is 5.15. The Bertz CT molecular complexity index is 577. The summed E-state index contributed by atoms with van der Waals surface area (Å²) in [6, 6.07) is 0. The Labute approximate surface area is 165 Å². The fourth-order valence-corrected chi connectivity index (χ4v) is 8.78. The number of primary amides is 1. The monoisotopic (exact) mass is 375 g/mol. The molecule has 154 valence electrons. The summed E-state index contributed by atoms with van der Waals surface area (Å²) < 4.78 is 0. The average Bonchev–Trinajstić information content (AvgIpc) is 2.97. The van der Waals surface area contributed by atoms with E-state index in [1.54, 1.807) is 0 Å². The zero-order valence-electron chi connectivity index (χ0n) is 17.8. The number of nitrogens with two attached hydrogens (primary N) is 1. The summed E-state index contributed by atoms with van der Waals surface area (Å²) >= 11 is 0. The first-order valence-electron chi connectivity index (χ1n) is 11.7. The number of carbonyl (C=O) groups excluding carboxylic acids is 1. The maximum Gasteiger partial charge on any atom is 0.217 e. The van der Waals surface area contributed by atoms with Crippen molar-refractivity contribution in [1.29, 1.82) is 0 Å². The van der Waals surface area contributed by atoms with Crippen molar-refractivity contribution in [2.24, 2.45) is 52.1 Å². The van der Waals surface area contributed by atoms with Crippen LogP contribution in [0.1, 0.15) is 91.4 Å². The second-order valence-electron chi connectivity index (χ2n) is 11.3. The number of hydrogen-bond donors (Lipinski definition) is 2. The zero-order chi connectivity index (χ0) is 19.4. The number of fused-ring (bicyclic) bond motifs is 5. The second-order valence-corrected chi connectivity index (χ2v) is 11.3. The minimum atomic E-state index is -0.143. The Morgan fingerprint density at radius 1 is 1.04 bits per heavy atom. The molecule has 4 rings (SSSR count). The minimum absolute atomic E-state index is 0.0459. The van der Waals surface area contributed by atoms with Crippen molar-refractivity contribution in [2.45, 2.75) is 97.5 Å². The van der Waals surface area contributed by atoms with Gasteiger partial charge in [0.2, 0.25) is 5.91 Å². The van der Waals surface area contributed by atoms with Crippen molar-refractivity contribution in [2.75, 3.05) is 0 Å². The lowest BCUT2D eigenvalue weighted by molar-refractivity contribution is -0.129. The van der Waals surface area contributed by atoms with Gasteiger partial charge >= 0.3 is 0 Å². The molecular weight excluding hydrogens is 334 g/mol. The molecule has 1 amide bonds. The molecule has 9 atom stereocenters. The smallest absolute Gasteiger partial charge is 0.217 e. The number of hydrogen-bond acceptors (Lipinski definition) is 2. The third-order valence-corrected chi connectivity index (χ3v) is 10.2. The van der Waals surface area contributed by atoms with Gasteiger partial charge in [0.25, 0.3) is 0 Å². The second kappa shape index (κ2) is 7.04. The van der Waals surface area contributed by atoms with E-state index < -0.39 is 0 Å². The van der Waals surface area contributed by atoms with E-state index in [1.807, 2.05) is 0 Å². The molecule has 4 fully saturated rings. The lowest BCUT2D eigenvalue weighted by Gasteiger charge is -2.61. The quantitative estimate of drug-likeness (QED) is 0.733. The maximum absolute atomic E-state index is 11.3. The molecule has 0 aliphatic heterocycles. The normalized spacial score (nSPS) is 50.4. The van der Waals surface area contributed by atoms with Gasteiger partial charge in [-0.2, -0.15) is 0 Å². The molecule has 0 radical (unpaired) electrons. The topological polar surface area (TPSA) is 63.3 Å². The lowest BCUT2D eigenvalue weighted by Crippen LogP contribution is -2.54. The van der Waals surface area contributed by atoms with Crippen LogP contribution in [0, 0.1) is 46.3 Å². The van der Waals surface area contributed by atoms with Gasteiger partial charge in [-0.25, -0.2) is 0 Å². The summed E-state index contributed by atoms with van der Waals surface area (Å²) in [5.41, 5.74) is 6.36. The Morgan fingerprint density at radius 2 is 1.74 bits per heavy atom. The number of aliphatic hydroxyl groups excluding tert-OH is 1. The highest BCUT2D eigenvalue weighted by molar-refractivity contribution is 5.73. The fourth-order valence-electron chi connectivity index (χ4n) is 8.78. The number of rotatable bonds is 4. The molecule has 3 heteroatoms. The van der Waals surface area contributed by atoms with Crippen LogP contribution < -0.4 is 5.73 Å². The highest BCUT2D eigenvalue weighted by Crippen LogP contribution is 2.68. The molecule has 4 unspecified atom stereocenters. The van der Waals surface area contributed by atoms with Crippen LogP contribution in [-0.2, 0) is 4.79 Å². The van der Waals surface area contributed by atoms with E-state index in [0.717, 1.165) is 48.9 Å². The van der Waals surface area contributed by atoms with Crippen LogP contribution in [0.2, 0.25) is 0 Å². The summed E-state index contributed by atoms with van der Waals surface area (Å²) in [6.07, 6.45) is 13.0. The van der Waals surface area contributed by atoms with Crippen LogP contribution in [0.25, 0.3) is 0 Å². The molecular formula is C24H41NO2. The van der Waals surface area contributed by atoms with Gasteiger partial charge in [-0.1, -0.05) is 20.8 Å². The summed E-state index contributed by atoms with van der Waals surface area (Å²) in [5.74, 6) is 4.63. The third-order valence-electron chi connectivity index (χ3n) is 10.2. The Balaban J connectivity index is 1.51. The molecule has 4 aliphatic rings. The van der Waals surface area contributed by atoms with E-state index >= 15 is 0 Å². The van der Waals surface area contributed by atoms with E-state index in [2.05, 4.69) is 20.8 Å². The molecule has 0 spiro atoms. The first-order chi connectivity index (χ1) is 12.8. The predicted molar refractivity (Wildman–Crippen MR) is 109 cm³/mol. The standard InChI is InChI=1S/C24H41NO2/c1-15(4-9-22(25)27)19-7-8-20-18-6-5-16-14-17(26)10-12-23(16,2)21(18)11-13-24(19,20)3/h15-21,26H,4-14H2,1-3H3,(H2,25,27)/t15-,16?,17-,18?,19-,20?,21?,23+,24-/m1/s1. The molecule has 3 N–H and O–H groups in total. The van der Waals surface area contributed by atoms with Crippen molar-refractivity contribution >= 4 is 5.91 Å². The van der Waals surface area contributed by atoms with Crippen LogP contribution in [0.15, 0.2) is 0 Å². The van der Waals surface area contributed by atoms with Crippen molar-refractivity contribution < 1.29 is 9.90 Å². The maximum atomic E-state index is 11.3. The molecule has 4 aliphatic carbocycles. The van der Waals surface area contributed by atoms with Gasteiger partial charge in [-0.3, -0.25) is 4.79 Å². The Morgan fingerprint density at radius 3 is 2.48 bits per heavy atom. The molecule has 27 heavy (non-hydrogen) atoms. The van der Waals surface area contributed by atoms with E-state index in [1.165, 1.54) is 44.9 Å². The van der Waals surface area contributed by atoms with Gasteiger partial charge in [0.05, 0.1) is 6.10 Å². The van der Waals surface area contributed by atoms with Crippen molar-refractivity contribution in [3.8, 4) is 0 Å². The number of amides is 1. The SMILES string of the molecule is C[C@H](CCC(N)=O)[C@H]1CCC2C3CCC4C[C@H](O)CC[C@]4(C)C3CC[C@@]21C. The van der Waals surface area contributed by atoms with E-state index in [9.17, 15) is 9.90 Å². The van der Waals surface area contributed by atoms with Crippen LogP contribution in [0.4, 0.5) is 0 Å². The predicted octanol–water partition coefficient (Wildman–Crippen LogP) is 4.91. The fraction of sp³-hybridized carbons (Fsp3) is 0.958. The van der Waals surface area contributed by atoms with Gasteiger partial charge in [0.1, 0.15) is 0 Å². The summed E-state index contributed by atoms with van der Waals surface area (Å²) in [5, 5.41) is 10.2. The van der Waals surface area contributed by atoms with Gasteiger partial charge < -0.3 is 10.8 Å². The highest BCUT2D eigenvalue weighted by Gasteiger charge is 2.60. The van der Waals surface area contributed by atoms with Crippen LogP contribution >= 0.6 is 0 Å². The van der Waals surface area contributed by atoms with Gasteiger partial charge in [-0.15, -0.1) is 0 Å². The van der Waals surface area contributed by atoms with Gasteiger partial charge in [0, 0.05) is 6.42 Å². The number of aliphatic hydroxyl groups is 1. The highest BCUT2D eigenvalue weighted by atomic mass is 16.3.